The highest BCUT2D eigenvalue weighted by Gasteiger charge is 2.37. The minimum Gasteiger partial charge on any atom is -0.409 e. The second-order valence-corrected chi connectivity index (χ2v) is 19.3. The summed E-state index contributed by atoms with van der Waals surface area (Å²) < 4.78 is 29.0. The Labute approximate surface area is 440 Å². The smallest absolute Gasteiger partial charge is 0.409 e. The molecule has 394 valence electrons. The van der Waals surface area contributed by atoms with Gasteiger partial charge in [0.05, 0.1) is 69.7 Å². The summed E-state index contributed by atoms with van der Waals surface area (Å²) in [6.45, 7) is 6.41. The maximum atomic E-state index is 14.4. The molecule has 20 nitrogen and oxygen atoms in total. The predicted molar refractivity (Wildman–Crippen MR) is 282 cm³/mol. The lowest BCUT2D eigenvalue weighted by Crippen LogP contribution is -2.51. The number of hydrogen-bond donors (Lipinski definition) is 4. The molecule has 4 N–H and O–H groups in total. The number of fused-ring (bicyclic) bond motifs is 5. The molecule has 1 saturated heterocycles. The number of amides is 7. The van der Waals surface area contributed by atoms with E-state index in [9.17, 15) is 33.6 Å². The molecular formula is C53H57ClN8O12S. The van der Waals surface area contributed by atoms with Crippen LogP contribution in [-0.4, -0.2) is 171 Å². The molecule has 3 aliphatic heterocycles. The van der Waals surface area contributed by atoms with Crippen LogP contribution in [0.25, 0.3) is 31.9 Å². The van der Waals surface area contributed by atoms with Crippen molar-refractivity contribution in [2.75, 3.05) is 115 Å². The van der Waals surface area contributed by atoms with Gasteiger partial charge in [0.15, 0.2) is 5.75 Å². The molecule has 6 heterocycles. The van der Waals surface area contributed by atoms with Crippen LogP contribution in [0.1, 0.15) is 50.9 Å². The topological polar surface area (TPSA) is 234 Å². The standard InChI is InChI=1S/C53H57ClN8O12S/c1-33-32-75-50-43(29-42-49(48(33)50)36(30-54)31-62(42)52(68)41-28-35-26-37(6-7-39(35)58-41)56-51(67)40-27-34-4-2-3-5-38(34)57-40)74-53(69)60-16-14-59(15-17-60)45(64)11-18-70-20-22-72-24-25-73-23-21-71-19-12-55-44(63)10-13-61-46(65)8-9-47(61)66/h2-9,26-29,32,36,57-58H,10-25,30-31H2,1H3,(H,55,63)(H,56,67). The molecule has 22 heteroatoms. The number of alkyl halides is 1. The fraction of sp³-hybridized carbons (Fsp3) is 0.377. The molecule has 0 aliphatic carbocycles. The predicted octanol–water partition coefficient (Wildman–Crippen LogP) is 5.94. The summed E-state index contributed by atoms with van der Waals surface area (Å²) in [6, 6.07) is 18.4. The number of benzene rings is 3. The van der Waals surface area contributed by atoms with E-state index >= 15 is 0 Å². The Balaban J connectivity index is 0.683. The van der Waals surface area contributed by atoms with Crippen LogP contribution < -0.4 is 20.3 Å². The molecule has 0 saturated carbocycles. The van der Waals surface area contributed by atoms with E-state index in [1.54, 1.807) is 39.0 Å². The van der Waals surface area contributed by atoms with Gasteiger partial charge < -0.3 is 59.0 Å². The molecule has 3 aromatic carbocycles. The zero-order chi connectivity index (χ0) is 52.4. The fourth-order valence-electron chi connectivity index (χ4n) is 9.25. The van der Waals surface area contributed by atoms with Gasteiger partial charge in [-0.15, -0.1) is 22.9 Å². The molecule has 3 aliphatic rings. The Morgan fingerprint density at radius 3 is 2.12 bits per heavy atom. The van der Waals surface area contributed by atoms with Gasteiger partial charge in [-0.2, -0.15) is 0 Å². The lowest BCUT2D eigenvalue weighted by molar-refractivity contribution is -0.137. The molecule has 6 aromatic rings. The molecule has 1 unspecified atom stereocenters. The molecule has 1 fully saturated rings. The van der Waals surface area contributed by atoms with E-state index in [0.29, 0.717) is 94.3 Å². The van der Waals surface area contributed by atoms with E-state index in [4.69, 9.17) is 35.3 Å². The van der Waals surface area contributed by atoms with E-state index in [1.165, 1.54) is 23.5 Å². The number of halogens is 1. The third kappa shape index (κ3) is 12.5. The highest BCUT2D eigenvalue weighted by atomic mass is 35.5. The lowest BCUT2D eigenvalue weighted by Gasteiger charge is -2.34. The van der Waals surface area contributed by atoms with Gasteiger partial charge in [-0.3, -0.25) is 33.7 Å². The van der Waals surface area contributed by atoms with Crippen LogP contribution in [0.3, 0.4) is 0 Å². The number of H-pyrrole nitrogens is 2. The average molecular weight is 1070 g/mol. The molecule has 1 atom stereocenters. The number of ether oxygens (including phenoxy) is 5. The summed E-state index contributed by atoms with van der Waals surface area (Å²) in [5.74, 6) is -1.31. The zero-order valence-corrected chi connectivity index (χ0v) is 42.9. The fourth-order valence-corrected chi connectivity index (χ4v) is 10.5. The van der Waals surface area contributed by atoms with Crippen LogP contribution in [0.5, 0.6) is 5.75 Å². The van der Waals surface area contributed by atoms with Crippen molar-refractivity contribution in [1.29, 1.82) is 0 Å². The first kappa shape index (κ1) is 52.7. The maximum absolute atomic E-state index is 14.4. The Hall–Kier alpha value is -7.14. The number of nitrogens with zero attached hydrogens (tertiary/aromatic N) is 4. The summed E-state index contributed by atoms with van der Waals surface area (Å²) in [4.78, 5) is 102. The first-order valence-corrected chi connectivity index (χ1v) is 26.2. The zero-order valence-electron chi connectivity index (χ0n) is 41.3. The molecule has 0 bridgehead atoms. The van der Waals surface area contributed by atoms with Crippen LogP contribution in [0.2, 0.25) is 0 Å². The van der Waals surface area contributed by atoms with Gasteiger partial charge in [0, 0.05) is 115 Å². The van der Waals surface area contributed by atoms with Crippen LogP contribution in [0, 0.1) is 6.92 Å². The van der Waals surface area contributed by atoms with Crippen molar-refractivity contribution >= 4 is 108 Å². The van der Waals surface area contributed by atoms with Crippen molar-refractivity contribution in [3.63, 3.8) is 0 Å². The van der Waals surface area contributed by atoms with Gasteiger partial charge >= 0.3 is 6.09 Å². The number of carbonyl (C=O) groups is 7. The van der Waals surface area contributed by atoms with Crippen molar-refractivity contribution in [2.45, 2.75) is 25.7 Å². The van der Waals surface area contributed by atoms with E-state index in [2.05, 4.69) is 20.6 Å². The van der Waals surface area contributed by atoms with Gasteiger partial charge in [-0.05, 0) is 59.8 Å². The normalized spacial score (nSPS) is 15.5. The summed E-state index contributed by atoms with van der Waals surface area (Å²) in [5, 5.41) is 10.2. The first-order chi connectivity index (χ1) is 36.4. The largest absolute Gasteiger partial charge is 0.415 e. The van der Waals surface area contributed by atoms with E-state index < -0.39 is 17.9 Å². The Morgan fingerprint density at radius 1 is 0.747 bits per heavy atom. The lowest BCUT2D eigenvalue weighted by atomic mass is 9.97. The second kappa shape index (κ2) is 24.5. The quantitative estimate of drug-likeness (QED) is 0.0332. The Bertz CT molecular complexity index is 3090. The molecule has 3 aromatic heterocycles. The van der Waals surface area contributed by atoms with Crippen molar-refractivity contribution in [3.8, 4) is 5.75 Å². The van der Waals surface area contributed by atoms with Gasteiger partial charge in [-0.1, -0.05) is 18.2 Å². The first-order valence-electron chi connectivity index (χ1n) is 24.8. The number of para-hydroxylation sites is 1. The van der Waals surface area contributed by atoms with Gasteiger partial charge in [0.25, 0.3) is 23.6 Å². The van der Waals surface area contributed by atoms with Gasteiger partial charge in [0.1, 0.15) is 11.4 Å². The maximum Gasteiger partial charge on any atom is 0.415 e. The SMILES string of the molecule is Cc1csc2c(OC(=O)N3CCN(C(=O)CCOCCOCCOCCOCCNC(=O)CCN4C(=O)C=CC4=O)CC3)cc3c(c12)C(CCl)CN3C(=O)c1cc2cc(NC(=O)c3cc4ccccc4[nH]3)ccc2[nH]1. The summed E-state index contributed by atoms with van der Waals surface area (Å²) in [6.07, 6.45) is 2.02. The number of aromatic amines is 2. The number of anilines is 2. The number of imide groups is 1. The summed E-state index contributed by atoms with van der Waals surface area (Å²) >= 11 is 8.06. The highest BCUT2D eigenvalue weighted by Crippen LogP contribution is 2.49. The number of aryl methyl sites for hydroxylation is 1. The number of carbonyl (C=O) groups excluding carboxylic acids is 7. The third-order valence-corrected chi connectivity index (χ3v) is 14.6. The number of nitrogens with one attached hydrogen (secondary N) is 4. The molecule has 9 rings (SSSR count). The third-order valence-electron chi connectivity index (χ3n) is 13.1. The molecule has 75 heavy (non-hydrogen) atoms. The number of hydrogen-bond acceptors (Lipinski definition) is 13. The summed E-state index contributed by atoms with van der Waals surface area (Å²) in [5.41, 5.74) is 5.48. The minimum absolute atomic E-state index is 0.0208. The molecule has 7 amide bonds. The number of thiophene rings is 1. The minimum atomic E-state index is -0.549. The van der Waals surface area contributed by atoms with E-state index in [0.717, 1.165) is 47.9 Å². The number of aromatic nitrogens is 2. The van der Waals surface area contributed by atoms with Crippen LogP contribution in [0.4, 0.5) is 16.2 Å². The van der Waals surface area contributed by atoms with E-state index in [-0.39, 0.29) is 81.1 Å². The van der Waals surface area contributed by atoms with Crippen LogP contribution in [0.15, 0.2) is 78.2 Å². The Morgan fingerprint density at radius 2 is 1.40 bits per heavy atom. The highest BCUT2D eigenvalue weighted by molar-refractivity contribution is 7.17. The van der Waals surface area contributed by atoms with Crippen LogP contribution >= 0.6 is 22.9 Å². The van der Waals surface area contributed by atoms with E-state index in [1.807, 2.05) is 48.7 Å². The van der Waals surface area contributed by atoms with Gasteiger partial charge in [-0.25, -0.2) is 4.79 Å². The summed E-state index contributed by atoms with van der Waals surface area (Å²) in [7, 11) is 0. The second-order valence-electron chi connectivity index (χ2n) is 18.1. The van der Waals surface area contributed by atoms with Crippen molar-refractivity contribution in [2.24, 2.45) is 0 Å². The molecule has 0 spiro atoms. The molecular weight excluding hydrogens is 1010 g/mol. The van der Waals surface area contributed by atoms with Gasteiger partial charge in [0.2, 0.25) is 11.8 Å². The average Bonchev–Trinajstić information content (AvgIpc) is 4.26. The monoisotopic (exact) mass is 1060 g/mol. The van der Waals surface area contributed by atoms with Crippen molar-refractivity contribution < 1.29 is 57.2 Å². The van der Waals surface area contributed by atoms with Crippen molar-refractivity contribution in [3.05, 3.63) is 101 Å². The van der Waals surface area contributed by atoms with Crippen molar-refractivity contribution in [1.82, 2.24) is 30.0 Å². The van der Waals surface area contributed by atoms with Crippen LogP contribution in [-0.2, 0) is 38.1 Å². The number of rotatable bonds is 23. The Kier molecular flexibility index (Phi) is 17.2. The molecule has 0 radical (unpaired) electrons. The number of piperazine rings is 1.